The van der Waals surface area contributed by atoms with Gasteiger partial charge in [0, 0.05) is 159 Å². The third-order valence-electron chi connectivity index (χ3n) is 29.7. The summed E-state index contributed by atoms with van der Waals surface area (Å²) in [5.41, 5.74) is 24.7. The molecule has 706 valence electrons. The van der Waals surface area contributed by atoms with Gasteiger partial charge in [-0.1, -0.05) is 367 Å². The summed E-state index contributed by atoms with van der Waals surface area (Å²) < 4.78 is 22.8. The van der Waals surface area contributed by atoms with Crippen LogP contribution in [0, 0.1) is 0 Å². The Morgan fingerprint density at radius 3 is 1.21 bits per heavy atom. The Morgan fingerprint density at radius 1 is 0.207 bits per heavy atom. The van der Waals surface area contributed by atoms with Crippen molar-refractivity contribution in [3.05, 3.63) is 466 Å². The number of rotatable bonds is 11. The van der Waals surface area contributed by atoms with Gasteiger partial charge in [-0.25, -0.2) is 15.0 Å². The molecule has 0 saturated heterocycles. The number of benzene rings is 20. The van der Waals surface area contributed by atoms with E-state index < -0.39 is 0 Å². The lowest BCUT2D eigenvalue weighted by Crippen LogP contribution is -2.15. The lowest BCUT2D eigenvalue weighted by Gasteiger charge is -2.22. The molecule has 0 bridgehead atoms. The summed E-state index contributed by atoms with van der Waals surface area (Å²) in [6.45, 7) is 4.70. The predicted molar refractivity (Wildman–Crippen MR) is 625 cm³/mol. The van der Waals surface area contributed by atoms with Crippen LogP contribution in [0.5, 0.6) is 0 Å². The fraction of sp³-hybridized carbons (Fsp3) is 0.0301. The van der Waals surface area contributed by atoms with Crippen molar-refractivity contribution in [2.24, 2.45) is 0 Å². The summed E-state index contributed by atoms with van der Waals surface area (Å²) in [4.78, 5) is 47.0. The van der Waals surface area contributed by atoms with Crippen LogP contribution in [0.15, 0.2) is 459 Å². The second-order valence-electron chi connectivity index (χ2n) is 38.5. The van der Waals surface area contributed by atoms with Crippen LogP contribution in [0.4, 0.5) is 0 Å². The number of para-hydroxylation sites is 6. The van der Waals surface area contributed by atoms with Crippen molar-refractivity contribution in [1.82, 2.24) is 63.1 Å². The van der Waals surface area contributed by atoms with Gasteiger partial charge in [-0.05, 0) is 143 Å². The maximum atomic E-state index is 6.33. The zero-order valence-electron chi connectivity index (χ0n) is 80.2. The molecular formula is C133H85N13OS3. The molecule has 0 radical (unpaired) electrons. The van der Waals surface area contributed by atoms with Crippen molar-refractivity contribution in [3.8, 4) is 114 Å². The van der Waals surface area contributed by atoms with E-state index in [-0.39, 0.29) is 12.8 Å². The van der Waals surface area contributed by atoms with Crippen molar-refractivity contribution in [3.63, 3.8) is 0 Å². The molecule has 150 heavy (non-hydrogen) atoms. The summed E-state index contributed by atoms with van der Waals surface area (Å²) in [6.07, 6.45) is 0. The molecular weight excluding hydrogens is 1890 g/mol. The van der Waals surface area contributed by atoms with Crippen molar-refractivity contribution in [2.75, 3.05) is 0 Å². The molecule has 31 aromatic rings. The number of hydrogen-bond donors (Lipinski definition) is 0. The first-order valence-electron chi connectivity index (χ1n) is 49.9. The number of furan rings is 1. The maximum absolute atomic E-state index is 6.33. The van der Waals surface area contributed by atoms with Gasteiger partial charge in [0.15, 0.2) is 34.9 Å². The highest BCUT2D eigenvalue weighted by atomic mass is 32.1. The van der Waals surface area contributed by atoms with Gasteiger partial charge in [0.05, 0.1) is 44.1 Å². The average Bonchev–Trinajstić information content (AvgIpc) is 1.54. The van der Waals surface area contributed by atoms with E-state index in [4.69, 9.17) is 49.3 Å². The Balaban J connectivity index is 0.000000105. The van der Waals surface area contributed by atoms with Crippen LogP contribution in [0.3, 0.4) is 0 Å². The fourth-order valence-electron chi connectivity index (χ4n) is 23.0. The minimum atomic E-state index is -0.153. The second-order valence-corrected chi connectivity index (χ2v) is 41.8. The Hall–Kier alpha value is -18.9. The van der Waals surface area contributed by atoms with E-state index in [1.807, 2.05) is 54.6 Å². The molecule has 11 aromatic heterocycles. The molecule has 17 heteroatoms. The van der Waals surface area contributed by atoms with E-state index in [0.717, 1.165) is 127 Å². The van der Waals surface area contributed by atoms with E-state index in [2.05, 4.69) is 432 Å². The normalized spacial score (nSPS) is 12.3. The lowest BCUT2D eigenvalue weighted by molar-refractivity contribution is 0.666. The van der Waals surface area contributed by atoms with Gasteiger partial charge in [0.25, 0.3) is 0 Å². The summed E-state index contributed by atoms with van der Waals surface area (Å²) in [5, 5.41) is 19.0. The zero-order valence-corrected chi connectivity index (χ0v) is 82.7. The topological polar surface area (TPSA) is 149 Å². The lowest BCUT2D eigenvalue weighted by atomic mass is 9.80. The van der Waals surface area contributed by atoms with Gasteiger partial charge in [0.1, 0.15) is 11.2 Å². The highest BCUT2D eigenvalue weighted by Gasteiger charge is 2.39. The summed E-state index contributed by atoms with van der Waals surface area (Å²) >= 11 is 5.40. The van der Waals surface area contributed by atoms with Crippen molar-refractivity contribution < 1.29 is 4.42 Å². The van der Waals surface area contributed by atoms with E-state index in [1.165, 1.54) is 115 Å². The maximum Gasteiger partial charge on any atom is 0.238 e. The molecule has 0 fully saturated rings. The van der Waals surface area contributed by atoms with Gasteiger partial charge in [-0.2, -0.15) is 29.9 Å². The summed E-state index contributed by atoms with van der Waals surface area (Å²) in [5.74, 6) is 5.61. The molecule has 1 aliphatic carbocycles. The first kappa shape index (κ1) is 87.7. The number of aromatic nitrogens is 13. The minimum absolute atomic E-state index is 0. The Kier molecular flexibility index (Phi) is 20.4. The molecule has 1 aliphatic rings. The molecule has 0 spiro atoms. The first-order valence-corrected chi connectivity index (χ1v) is 52.4. The molecule has 0 aliphatic heterocycles. The van der Waals surface area contributed by atoms with Gasteiger partial charge < -0.3 is 8.98 Å². The van der Waals surface area contributed by atoms with Gasteiger partial charge in [0.2, 0.25) is 17.8 Å². The number of nitrogens with zero attached hydrogens (tertiary/aromatic N) is 13. The molecule has 14 nitrogen and oxygen atoms in total. The minimum Gasteiger partial charge on any atom is -0.456 e. The van der Waals surface area contributed by atoms with Gasteiger partial charge >= 0.3 is 0 Å². The fourth-order valence-corrected chi connectivity index (χ4v) is 26.4. The van der Waals surface area contributed by atoms with Crippen LogP contribution in [-0.2, 0) is 5.41 Å². The van der Waals surface area contributed by atoms with Gasteiger partial charge in [-0.3, -0.25) is 13.7 Å². The first-order chi connectivity index (χ1) is 73.6. The standard InChI is InChI=1S/C45H27N5S.C45H26N4OS.C42H28N4S.CH4/c1-3-14-28(15-4-1)43-46-44(34-21-13-25-39-40(34)33-20-9-12-24-38(33)51-39)48-45(47-43)50-36-23-11-8-19-32(36)41-37(50)27-26-31-30-18-7-10-22-35(30)49(42(31)41)29-16-5-2-6-17-29;1-2-11-27(12-3-1)28-13-10-14-29(23-28)43-46-44(30-21-22-34-33-17-6-9-20-41(33)51-42(34)24-30)48-45(47-43)49-37-18-7-4-15-31(37)35-26-40-36(25-38(35)49)32-16-5-8-19-39(32)50-40;1-42(2)32-17-9-6-14-27(32)30-22-23-34-37(38(30)42)31-16-7-10-18-33(31)46(34)41-44-39(25-12-4-3-5-13-25)43-40(45-41)26-20-21-29-28-15-8-11-19-35(28)47-36(29)24-26;/h1-27H;1-26H;3-24H,1-2H3;1H4. The number of fused-ring (bicyclic) bond motifs is 29. The van der Waals surface area contributed by atoms with E-state index in [9.17, 15) is 0 Å². The molecule has 11 heterocycles. The monoisotopic (exact) mass is 1980 g/mol. The SMILES string of the molecule is C.CC1(C)c2ccccc2-c2ccc3c(c21)c1ccccc1n3-c1nc(-c2ccccc2)nc(-c2ccc3c(c2)sc2ccccc23)n1.c1ccc(-c2cccc(-c3nc(-c4ccc5c(c4)sc4ccccc45)nc(-n4c5ccccc5c5cc6oc7ccccc7c6cc54)n3)c2)cc1.c1ccc(-c2nc(-c3cccc4sc5ccccc5c34)nc(-n3c4ccccc4c4c3ccc3c5ccccc5n(-c5ccccc5)c34)n2)cc1. The predicted octanol–water partition coefficient (Wildman–Crippen LogP) is 35.6. The molecule has 20 aromatic carbocycles. The molecule has 32 rings (SSSR count). The van der Waals surface area contributed by atoms with Crippen molar-refractivity contribution in [1.29, 1.82) is 0 Å². The second kappa shape index (κ2) is 34.9. The largest absolute Gasteiger partial charge is 0.456 e. The Bertz CT molecular complexity index is 11000. The molecule has 0 unspecified atom stereocenters. The van der Waals surface area contributed by atoms with Crippen LogP contribution in [0.2, 0.25) is 0 Å². The van der Waals surface area contributed by atoms with E-state index >= 15 is 0 Å². The zero-order chi connectivity index (χ0) is 98.2. The van der Waals surface area contributed by atoms with Crippen LogP contribution in [0.1, 0.15) is 32.4 Å². The number of thiophene rings is 3. The Morgan fingerprint density at radius 2 is 0.600 bits per heavy atom. The van der Waals surface area contributed by atoms with Crippen LogP contribution >= 0.6 is 34.0 Å². The third-order valence-corrected chi connectivity index (χ3v) is 33.1. The van der Waals surface area contributed by atoms with Gasteiger partial charge in [-0.15, -0.1) is 34.0 Å². The van der Waals surface area contributed by atoms with Crippen molar-refractivity contribution in [2.45, 2.75) is 26.7 Å². The quantitative estimate of drug-likeness (QED) is 0.122. The van der Waals surface area contributed by atoms with E-state index in [0.29, 0.717) is 52.8 Å². The molecule has 0 atom stereocenters. The highest BCUT2D eigenvalue weighted by molar-refractivity contribution is 7.26. The van der Waals surface area contributed by atoms with Crippen LogP contribution < -0.4 is 0 Å². The molecule has 0 amide bonds. The molecule has 0 saturated carbocycles. The highest BCUT2D eigenvalue weighted by Crippen LogP contribution is 2.55. The molecule has 0 N–H and O–H groups in total. The average molecular weight is 1980 g/mol. The third kappa shape index (κ3) is 14.1. The smallest absolute Gasteiger partial charge is 0.238 e. The Labute approximate surface area is 871 Å². The summed E-state index contributed by atoms with van der Waals surface area (Å²) in [6, 6.07) is 160. The van der Waals surface area contributed by atoms with E-state index in [1.54, 1.807) is 34.0 Å². The van der Waals surface area contributed by atoms with Crippen molar-refractivity contribution >= 4 is 204 Å². The summed E-state index contributed by atoms with van der Waals surface area (Å²) in [7, 11) is 0. The van der Waals surface area contributed by atoms with Crippen LogP contribution in [0.25, 0.3) is 284 Å². The number of hydrogen-bond acceptors (Lipinski definition) is 13. The van der Waals surface area contributed by atoms with Crippen LogP contribution in [-0.4, -0.2) is 63.1 Å².